The van der Waals surface area contributed by atoms with Crippen LogP contribution in [0.3, 0.4) is 0 Å². The van der Waals surface area contributed by atoms with Gasteiger partial charge in [-0.25, -0.2) is 0 Å². The van der Waals surface area contributed by atoms with Gasteiger partial charge in [0.1, 0.15) is 0 Å². The topological polar surface area (TPSA) is 110 Å². The molecule has 0 radical (unpaired) electrons. The van der Waals surface area contributed by atoms with Gasteiger partial charge in [-0.05, 0) is 54.6 Å². The SMILES string of the molecule is CCN1C(=O)C(=Cc2cccc([N+](=O)[O-])c2)SC1=NS(=O)(=O)c1ccc(Br)cc1. The summed E-state index contributed by atoms with van der Waals surface area (Å²) < 4.78 is 29.8. The van der Waals surface area contributed by atoms with E-state index in [1.807, 2.05) is 0 Å². The zero-order valence-corrected chi connectivity index (χ0v) is 18.2. The molecule has 3 rings (SSSR count). The summed E-state index contributed by atoms with van der Waals surface area (Å²) in [5.41, 5.74) is 0.358. The van der Waals surface area contributed by atoms with Gasteiger partial charge in [0, 0.05) is 23.2 Å². The van der Waals surface area contributed by atoms with Crippen molar-refractivity contribution in [1.29, 1.82) is 0 Å². The number of sulfonamides is 1. The maximum absolute atomic E-state index is 12.7. The number of non-ortho nitro benzene ring substituents is 1. The van der Waals surface area contributed by atoms with Crippen molar-refractivity contribution in [2.45, 2.75) is 11.8 Å². The van der Waals surface area contributed by atoms with Crippen molar-refractivity contribution in [3.8, 4) is 0 Å². The molecule has 2 aromatic rings. The van der Waals surface area contributed by atoms with E-state index in [2.05, 4.69) is 20.3 Å². The summed E-state index contributed by atoms with van der Waals surface area (Å²) in [6, 6.07) is 11.8. The minimum atomic E-state index is -4.01. The Bertz CT molecular complexity index is 1140. The van der Waals surface area contributed by atoms with Crippen LogP contribution < -0.4 is 0 Å². The predicted molar refractivity (Wildman–Crippen MR) is 115 cm³/mol. The molecule has 1 saturated heterocycles. The van der Waals surface area contributed by atoms with Crippen LogP contribution in [0.15, 0.2) is 67.2 Å². The number of likely N-dealkylation sites (N-methyl/N-ethyl adjacent to an activating group) is 1. The van der Waals surface area contributed by atoms with Crippen molar-refractivity contribution in [1.82, 2.24) is 4.90 Å². The number of halogens is 1. The second-order valence-electron chi connectivity index (χ2n) is 5.82. The highest BCUT2D eigenvalue weighted by Crippen LogP contribution is 2.34. The number of hydrogen-bond donors (Lipinski definition) is 0. The smallest absolute Gasteiger partial charge is 0.284 e. The summed E-state index contributed by atoms with van der Waals surface area (Å²) >= 11 is 4.16. The number of amidine groups is 1. The second kappa shape index (κ2) is 8.47. The molecule has 0 aliphatic carbocycles. The van der Waals surface area contributed by atoms with Gasteiger partial charge < -0.3 is 0 Å². The van der Waals surface area contributed by atoms with Gasteiger partial charge in [0.05, 0.1) is 14.7 Å². The number of carbonyl (C=O) groups excluding carboxylic acids is 1. The first kappa shape index (κ1) is 21.2. The molecule has 0 bridgehead atoms. The van der Waals surface area contributed by atoms with Crippen LogP contribution in [0.25, 0.3) is 6.08 Å². The number of thioether (sulfide) groups is 1. The highest BCUT2D eigenvalue weighted by atomic mass is 79.9. The molecule has 29 heavy (non-hydrogen) atoms. The Hall–Kier alpha value is -2.50. The Balaban J connectivity index is 1.97. The Morgan fingerprint density at radius 2 is 1.93 bits per heavy atom. The van der Waals surface area contributed by atoms with E-state index in [4.69, 9.17) is 0 Å². The molecule has 1 fully saturated rings. The minimum absolute atomic E-state index is 0.00779. The first-order valence-electron chi connectivity index (χ1n) is 8.27. The van der Waals surface area contributed by atoms with Gasteiger partial charge in [-0.2, -0.15) is 8.42 Å². The van der Waals surface area contributed by atoms with Crippen LogP contribution >= 0.6 is 27.7 Å². The van der Waals surface area contributed by atoms with E-state index >= 15 is 0 Å². The molecule has 0 unspecified atom stereocenters. The number of amides is 1. The van der Waals surface area contributed by atoms with E-state index in [1.165, 1.54) is 41.3 Å². The van der Waals surface area contributed by atoms with Gasteiger partial charge in [0.2, 0.25) is 0 Å². The predicted octanol–water partition coefficient (Wildman–Crippen LogP) is 4.04. The molecular formula is C18H14BrN3O5S2. The lowest BCUT2D eigenvalue weighted by Gasteiger charge is -2.11. The lowest BCUT2D eigenvalue weighted by Crippen LogP contribution is -2.29. The monoisotopic (exact) mass is 495 g/mol. The molecule has 1 aliphatic rings. The first-order chi connectivity index (χ1) is 13.7. The number of benzene rings is 2. The number of rotatable bonds is 5. The lowest BCUT2D eigenvalue weighted by atomic mass is 10.2. The van der Waals surface area contributed by atoms with Crippen LogP contribution in [-0.4, -0.2) is 35.9 Å². The zero-order chi connectivity index (χ0) is 21.2. The maximum Gasteiger partial charge on any atom is 0.284 e. The van der Waals surface area contributed by atoms with Gasteiger partial charge in [-0.3, -0.25) is 19.8 Å². The van der Waals surface area contributed by atoms with Crippen LogP contribution in [0.1, 0.15) is 12.5 Å². The molecule has 0 spiro atoms. The zero-order valence-electron chi connectivity index (χ0n) is 15.0. The summed E-state index contributed by atoms with van der Waals surface area (Å²) in [5.74, 6) is -0.409. The Labute approximate surface area is 179 Å². The van der Waals surface area contributed by atoms with Gasteiger partial charge in [0.25, 0.3) is 21.6 Å². The number of nitro benzene ring substituents is 1. The van der Waals surface area contributed by atoms with E-state index in [9.17, 15) is 23.3 Å². The van der Waals surface area contributed by atoms with Crippen LogP contribution in [0, 0.1) is 10.1 Å². The fourth-order valence-corrected chi connectivity index (χ4v) is 5.01. The number of carbonyl (C=O) groups is 1. The second-order valence-corrected chi connectivity index (χ2v) is 9.34. The van der Waals surface area contributed by atoms with Gasteiger partial charge >= 0.3 is 0 Å². The number of hydrogen-bond acceptors (Lipinski definition) is 6. The first-order valence-corrected chi connectivity index (χ1v) is 11.3. The van der Waals surface area contributed by atoms with E-state index < -0.39 is 20.9 Å². The third kappa shape index (κ3) is 4.74. The third-order valence-electron chi connectivity index (χ3n) is 3.89. The summed E-state index contributed by atoms with van der Waals surface area (Å²) in [6.45, 7) is 1.93. The molecule has 1 aliphatic heterocycles. The van der Waals surface area contributed by atoms with Crippen molar-refractivity contribution in [2.24, 2.45) is 4.40 Å². The molecule has 1 amide bonds. The van der Waals surface area contributed by atoms with E-state index in [-0.39, 0.29) is 27.2 Å². The highest BCUT2D eigenvalue weighted by Gasteiger charge is 2.34. The molecule has 11 heteroatoms. The van der Waals surface area contributed by atoms with Crippen molar-refractivity contribution >= 4 is 60.6 Å². The molecule has 0 saturated carbocycles. The van der Waals surface area contributed by atoms with Crippen molar-refractivity contribution in [2.75, 3.05) is 6.54 Å². The summed E-state index contributed by atoms with van der Waals surface area (Å²) in [5, 5.41) is 11.0. The molecule has 0 atom stereocenters. The average Bonchev–Trinajstić information content (AvgIpc) is 2.95. The molecule has 8 nitrogen and oxygen atoms in total. The molecule has 0 N–H and O–H groups in total. The van der Waals surface area contributed by atoms with E-state index in [0.717, 1.165) is 16.2 Å². The Morgan fingerprint density at radius 3 is 2.55 bits per heavy atom. The average molecular weight is 496 g/mol. The molecular weight excluding hydrogens is 482 g/mol. The summed E-state index contributed by atoms with van der Waals surface area (Å²) in [4.78, 5) is 24.6. The largest absolute Gasteiger partial charge is 0.286 e. The minimum Gasteiger partial charge on any atom is -0.286 e. The van der Waals surface area contributed by atoms with Crippen molar-refractivity contribution in [3.63, 3.8) is 0 Å². The molecule has 150 valence electrons. The van der Waals surface area contributed by atoms with Crippen LogP contribution in [0.2, 0.25) is 0 Å². The summed E-state index contributed by atoms with van der Waals surface area (Å²) in [7, 11) is -4.01. The van der Waals surface area contributed by atoms with Crippen LogP contribution in [0.4, 0.5) is 5.69 Å². The molecule has 0 aromatic heterocycles. The standard InChI is InChI=1S/C18H14BrN3O5S2/c1-2-21-17(23)16(11-12-4-3-5-14(10-12)22(24)25)28-18(21)20-29(26,27)15-8-6-13(19)7-9-15/h3-11H,2H2,1H3. The summed E-state index contributed by atoms with van der Waals surface area (Å²) in [6.07, 6.45) is 1.48. The number of nitrogens with zero attached hydrogens (tertiary/aromatic N) is 3. The van der Waals surface area contributed by atoms with Crippen LogP contribution in [-0.2, 0) is 14.8 Å². The lowest BCUT2D eigenvalue weighted by molar-refractivity contribution is -0.384. The Morgan fingerprint density at radius 1 is 1.24 bits per heavy atom. The fourth-order valence-electron chi connectivity index (χ4n) is 2.50. The fraction of sp³-hybridized carbons (Fsp3) is 0.111. The van der Waals surface area contributed by atoms with Gasteiger partial charge in [-0.1, -0.05) is 28.1 Å². The number of nitro groups is 1. The van der Waals surface area contributed by atoms with E-state index in [1.54, 1.807) is 25.1 Å². The Kier molecular flexibility index (Phi) is 6.20. The molecule has 1 heterocycles. The van der Waals surface area contributed by atoms with Crippen LogP contribution in [0.5, 0.6) is 0 Å². The van der Waals surface area contributed by atoms with E-state index in [0.29, 0.717) is 5.56 Å². The van der Waals surface area contributed by atoms with Crippen molar-refractivity contribution < 1.29 is 18.1 Å². The third-order valence-corrected chi connectivity index (χ3v) is 6.82. The van der Waals surface area contributed by atoms with Gasteiger partial charge in [0.15, 0.2) is 5.17 Å². The van der Waals surface area contributed by atoms with Gasteiger partial charge in [-0.15, -0.1) is 4.40 Å². The maximum atomic E-state index is 12.7. The highest BCUT2D eigenvalue weighted by molar-refractivity contribution is 9.10. The van der Waals surface area contributed by atoms with Crippen molar-refractivity contribution in [3.05, 3.63) is 73.6 Å². The normalized spacial score (nSPS) is 17.3. The quantitative estimate of drug-likeness (QED) is 0.351. The molecule has 2 aromatic carbocycles.